The first-order valence-electron chi connectivity index (χ1n) is 6.59. The van der Waals surface area contributed by atoms with Crippen LogP contribution in [0.5, 0.6) is 0 Å². The Labute approximate surface area is 116 Å². The van der Waals surface area contributed by atoms with Crippen LogP contribution in [0.4, 0.5) is 4.79 Å². The molecule has 5 amide bonds. The van der Waals surface area contributed by atoms with Crippen LogP contribution in [0, 0.1) is 11.3 Å². The molecule has 2 aliphatic rings. The number of urea groups is 1. The number of rotatable bonds is 3. The molecule has 0 saturated carbocycles. The second kappa shape index (κ2) is 5.58. The molecule has 8 nitrogen and oxygen atoms in total. The molecule has 0 bridgehead atoms. The minimum atomic E-state index is -1.42. The molecular formula is C12H18N4O4. The van der Waals surface area contributed by atoms with E-state index < -0.39 is 23.3 Å². The fraction of sp³-hybridized carbons (Fsp3) is 0.667. The van der Waals surface area contributed by atoms with Crippen molar-refractivity contribution in [3.05, 3.63) is 0 Å². The molecule has 8 heteroatoms. The third-order valence-corrected chi connectivity index (χ3v) is 3.92. The van der Waals surface area contributed by atoms with Gasteiger partial charge in [0.25, 0.3) is 0 Å². The Bertz CT molecular complexity index is 436. The van der Waals surface area contributed by atoms with E-state index in [0.29, 0.717) is 25.9 Å². The Hall–Kier alpha value is -1.96. The van der Waals surface area contributed by atoms with Crippen LogP contribution in [-0.2, 0) is 14.4 Å². The van der Waals surface area contributed by atoms with Crippen molar-refractivity contribution >= 4 is 23.8 Å². The average molecular weight is 282 g/mol. The van der Waals surface area contributed by atoms with Crippen molar-refractivity contribution in [1.82, 2.24) is 21.3 Å². The molecule has 0 radical (unpaired) electrons. The number of carbonyl (C=O) groups is 4. The zero-order chi connectivity index (χ0) is 14.8. The number of nitrogens with one attached hydrogen (secondary N) is 4. The van der Waals surface area contributed by atoms with Crippen LogP contribution in [0.25, 0.3) is 0 Å². The van der Waals surface area contributed by atoms with Gasteiger partial charge in [-0.15, -0.1) is 0 Å². The minimum absolute atomic E-state index is 0.0993. The van der Waals surface area contributed by atoms with Gasteiger partial charge in [0, 0.05) is 13.5 Å². The van der Waals surface area contributed by atoms with Crippen molar-refractivity contribution in [3.63, 3.8) is 0 Å². The Morgan fingerprint density at radius 3 is 2.25 bits per heavy atom. The number of imide groups is 2. The first kappa shape index (κ1) is 14.4. The van der Waals surface area contributed by atoms with Gasteiger partial charge in [-0.1, -0.05) is 0 Å². The second-order valence-electron chi connectivity index (χ2n) is 5.14. The SMILES string of the molecule is CC(=O)NCC1(C2CCNCC2)C(=O)NC(=O)NC1=O. The number of piperidine rings is 1. The van der Waals surface area contributed by atoms with Crippen molar-refractivity contribution in [3.8, 4) is 0 Å². The Morgan fingerprint density at radius 2 is 1.75 bits per heavy atom. The third-order valence-electron chi connectivity index (χ3n) is 3.92. The number of hydrogen-bond acceptors (Lipinski definition) is 5. The van der Waals surface area contributed by atoms with Gasteiger partial charge in [0.2, 0.25) is 17.7 Å². The fourth-order valence-electron chi connectivity index (χ4n) is 2.82. The predicted molar refractivity (Wildman–Crippen MR) is 68.4 cm³/mol. The van der Waals surface area contributed by atoms with E-state index in [1.807, 2.05) is 0 Å². The van der Waals surface area contributed by atoms with Crippen molar-refractivity contribution in [2.75, 3.05) is 19.6 Å². The summed E-state index contributed by atoms with van der Waals surface area (Å²) in [5.41, 5.74) is -1.42. The normalized spacial score (nSPS) is 22.9. The third kappa shape index (κ3) is 2.51. The minimum Gasteiger partial charge on any atom is -0.355 e. The summed E-state index contributed by atoms with van der Waals surface area (Å²) in [4.78, 5) is 46.9. The molecule has 0 aromatic heterocycles. The van der Waals surface area contributed by atoms with E-state index in [2.05, 4.69) is 21.3 Å². The van der Waals surface area contributed by atoms with Crippen molar-refractivity contribution in [1.29, 1.82) is 0 Å². The van der Waals surface area contributed by atoms with Gasteiger partial charge < -0.3 is 10.6 Å². The molecule has 2 heterocycles. The lowest BCUT2D eigenvalue weighted by molar-refractivity contribution is -0.149. The van der Waals surface area contributed by atoms with Crippen LogP contribution in [0.1, 0.15) is 19.8 Å². The van der Waals surface area contributed by atoms with Gasteiger partial charge in [-0.05, 0) is 31.8 Å². The summed E-state index contributed by atoms with van der Waals surface area (Å²) in [6.07, 6.45) is 1.27. The van der Waals surface area contributed by atoms with Gasteiger partial charge in [0.1, 0.15) is 5.41 Å². The highest BCUT2D eigenvalue weighted by atomic mass is 16.2. The predicted octanol–water partition coefficient (Wildman–Crippen LogP) is -1.53. The molecule has 0 unspecified atom stereocenters. The van der Waals surface area contributed by atoms with E-state index in [4.69, 9.17) is 0 Å². The molecule has 0 atom stereocenters. The maximum atomic E-state index is 12.3. The molecular weight excluding hydrogens is 264 g/mol. The van der Waals surface area contributed by atoms with Gasteiger partial charge in [0.15, 0.2) is 0 Å². The molecule has 110 valence electrons. The van der Waals surface area contributed by atoms with E-state index in [-0.39, 0.29) is 18.4 Å². The lowest BCUT2D eigenvalue weighted by atomic mass is 9.68. The highest BCUT2D eigenvalue weighted by Crippen LogP contribution is 2.36. The Kier molecular flexibility index (Phi) is 4.03. The monoisotopic (exact) mass is 282 g/mol. The zero-order valence-electron chi connectivity index (χ0n) is 11.2. The molecule has 0 aromatic carbocycles. The number of amides is 5. The summed E-state index contributed by atoms with van der Waals surface area (Å²) >= 11 is 0. The van der Waals surface area contributed by atoms with Gasteiger partial charge in [0.05, 0.1) is 0 Å². The van der Waals surface area contributed by atoms with Crippen LogP contribution in [0.15, 0.2) is 0 Å². The maximum Gasteiger partial charge on any atom is 0.328 e. The zero-order valence-corrected chi connectivity index (χ0v) is 11.2. The molecule has 0 aromatic rings. The largest absolute Gasteiger partial charge is 0.355 e. The van der Waals surface area contributed by atoms with E-state index in [9.17, 15) is 19.2 Å². The number of hydrogen-bond donors (Lipinski definition) is 4. The van der Waals surface area contributed by atoms with Crippen molar-refractivity contribution < 1.29 is 19.2 Å². The average Bonchev–Trinajstić information content (AvgIpc) is 2.39. The topological polar surface area (TPSA) is 116 Å². The van der Waals surface area contributed by atoms with E-state index in [0.717, 1.165) is 0 Å². The molecule has 2 aliphatic heterocycles. The summed E-state index contributed by atoms with van der Waals surface area (Å²) in [6.45, 7) is 2.61. The van der Waals surface area contributed by atoms with Crippen LogP contribution in [0.2, 0.25) is 0 Å². The Balaban J connectivity index is 2.31. The first-order valence-corrected chi connectivity index (χ1v) is 6.59. The standard InChI is InChI=1S/C12H18N4O4/c1-7(17)14-6-12(8-2-4-13-5-3-8)9(18)15-11(20)16-10(12)19/h8,13H,2-6H2,1H3,(H,14,17)(H2,15,16,18,19,20). The summed E-state index contributed by atoms with van der Waals surface area (Å²) in [6, 6.07) is -0.813. The molecule has 2 saturated heterocycles. The Morgan fingerprint density at radius 1 is 1.20 bits per heavy atom. The quantitative estimate of drug-likeness (QED) is 0.469. The smallest absolute Gasteiger partial charge is 0.328 e. The fourth-order valence-corrected chi connectivity index (χ4v) is 2.82. The van der Waals surface area contributed by atoms with E-state index >= 15 is 0 Å². The highest BCUT2D eigenvalue weighted by Gasteiger charge is 2.55. The molecule has 20 heavy (non-hydrogen) atoms. The maximum absolute atomic E-state index is 12.3. The summed E-state index contributed by atoms with van der Waals surface area (Å²) in [7, 11) is 0. The summed E-state index contributed by atoms with van der Waals surface area (Å²) < 4.78 is 0. The molecule has 2 fully saturated rings. The lowest BCUT2D eigenvalue weighted by Crippen LogP contribution is -2.68. The van der Waals surface area contributed by atoms with Crippen molar-refractivity contribution in [2.24, 2.45) is 11.3 Å². The summed E-state index contributed by atoms with van der Waals surface area (Å²) in [5.74, 6) is -1.81. The lowest BCUT2D eigenvalue weighted by Gasteiger charge is -2.41. The summed E-state index contributed by atoms with van der Waals surface area (Å²) in [5, 5.41) is 9.97. The molecule has 4 N–H and O–H groups in total. The van der Waals surface area contributed by atoms with Gasteiger partial charge in [-0.2, -0.15) is 0 Å². The molecule has 0 spiro atoms. The van der Waals surface area contributed by atoms with E-state index in [1.165, 1.54) is 6.92 Å². The van der Waals surface area contributed by atoms with Gasteiger partial charge in [-0.3, -0.25) is 25.0 Å². The van der Waals surface area contributed by atoms with Gasteiger partial charge in [-0.25, -0.2) is 4.79 Å². The second-order valence-corrected chi connectivity index (χ2v) is 5.14. The number of barbiturate groups is 1. The van der Waals surface area contributed by atoms with Crippen LogP contribution >= 0.6 is 0 Å². The van der Waals surface area contributed by atoms with Crippen molar-refractivity contribution in [2.45, 2.75) is 19.8 Å². The first-order chi connectivity index (χ1) is 9.46. The molecule has 2 rings (SSSR count). The van der Waals surface area contributed by atoms with E-state index in [1.54, 1.807) is 0 Å². The highest BCUT2D eigenvalue weighted by molar-refractivity contribution is 6.19. The van der Waals surface area contributed by atoms with Crippen LogP contribution < -0.4 is 21.3 Å². The number of carbonyl (C=O) groups excluding carboxylic acids is 4. The van der Waals surface area contributed by atoms with Crippen LogP contribution in [-0.4, -0.2) is 43.4 Å². The molecule has 0 aliphatic carbocycles. The van der Waals surface area contributed by atoms with Crippen LogP contribution in [0.3, 0.4) is 0 Å². The van der Waals surface area contributed by atoms with Gasteiger partial charge >= 0.3 is 6.03 Å².